The summed E-state index contributed by atoms with van der Waals surface area (Å²) in [6, 6.07) is 14.7. The Kier molecular flexibility index (Phi) is 7.02. The molecular weight excluding hydrogens is 448 g/mol. The van der Waals surface area contributed by atoms with Gasteiger partial charge in [0.15, 0.2) is 15.0 Å². The van der Waals surface area contributed by atoms with Gasteiger partial charge in [-0.1, -0.05) is 18.2 Å². The maximum atomic E-state index is 12.4. The summed E-state index contributed by atoms with van der Waals surface area (Å²) in [7, 11) is -3.51. The van der Waals surface area contributed by atoms with E-state index >= 15 is 0 Å². The minimum atomic E-state index is -3.51. The number of hydrogen-bond acceptors (Lipinski definition) is 7. The van der Waals surface area contributed by atoms with Gasteiger partial charge in [0, 0.05) is 16.5 Å². The first kappa shape index (κ1) is 23.1. The Balaban J connectivity index is 1.61. The Morgan fingerprint density at radius 3 is 2.62 bits per heavy atom. The fraction of sp³-hybridized carbons (Fsp3) is 0.182. The molecule has 2 aromatic carbocycles. The minimum absolute atomic E-state index is 0.0559. The van der Waals surface area contributed by atoms with Gasteiger partial charge in [0.2, 0.25) is 5.91 Å². The summed E-state index contributed by atoms with van der Waals surface area (Å²) in [5, 5.41) is 15.6. The van der Waals surface area contributed by atoms with E-state index in [-0.39, 0.29) is 17.0 Å². The number of carbonyl (C=O) groups is 2. The molecule has 0 bridgehead atoms. The summed E-state index contributed by atoms with van der Waals surface area (Å²) >= 11 is 1.22. The number of carbonyl (C=O) groups excluding carboxylic acids is 2. The lowest BCUT2D eigenvalue weighted by Crippen LogP contribution is -2.33. The number of anilines is 1. The minimum Gasteiger partial charge on any atom is -0.343 e. The first-order chi connectivity index (χ1) is 15.2. The van der Waals surface area contributed by atoms with Gasteiger partial charge in [0.1, 0.15) is 0 Å². The number of thiazole rings is 1. The van der Waals surface area contributed by atoms with E-state index in [1.54, 1.807) is 37.4 Å². The molecule has 0 aliphatic rings. The van der Waals surface area contributed by atoms with Crippen molar-refractivity contribution in [2.45, 2.75) is 24.0 Å². The quantitative estimate of drug-likeness (QED) is 0.548. The monoisotopic (exact) mass is 468 g/mol. The molecule has 1 heterocycles. The molecule has 3 rings (SSSR count). The van der Waals surface area contributed by atoms with Crippen LogP contribution in [0, 0.1) is 11.3 Å². The van der Waals surface area contributed by atoms with Crippen LogP contribution in [0.1, 0.15) is 29.8 Å². The molecule has 0 radical (unpaired) electrons. The summed E-state index contributed by atoms with van der Waals surface area (Å²) < 4.78 is 24.6. The Hall–Kier alpha value is -3.55. The van der Waals surface area contributed by atoms with E-state index in [0.29, 0.717) is 16.4 Å². The van der Waals surface area contributed by atoms with Crippen LogP contribution in [0.2, 0.25) is 0 Å². The predicted octanol–water partition coefficient (Wildman–Crippen LogP) is 3.23. The van der Waals surface area contributed by atoms with Gasteiger partial charge in [-0.25, -0.2) is 13.4 Å². The molecule has 0 aliphatic heterocycles. The van der Waals surface area contributed by atoms with Crippen LogP contribution in [-0.2, 0) is 14.6 Å². The zero-order valence-electron chi connectivity index (χ0n) is 17.3. The van der Waals surface area contributed by atoms with E-state index in [9.17, 15) is 18.0 Å². The van der Waals surface area contributed by atoms with Crippen molar-refractivity contribution >= 4 is 38.1 Å². The highest BCUT2D eigenvalue weighted by Gasteiger charge is 2.20. The van der Waals surface area contributed by atoms with Crippen LogP contribution in [0.5, 0.6) is 0 Å². The summed E-state index contributed by atoms with van der Waals surface area (Å²) in [5.74, 6) is -1.04. The maximum Gasteiger partial charge on any atom is 0.251 e. The number of nitrogens with one attached hydrogen (secondary N) is 2. The van der Waals surface area contributed by atoms with Crippen molar-refractivity contribution in [1.29, 1.82) is 5.26 Å². The molecule has 1 aromatic heterocycles. The molecule has 0 unspecified atom stereocenters. The fourth-order valence-corrected chi connectivity index (χ4v) is 4.56. The average Bonchev–Trinajstić information content (AvgIpc) is 3.26. The smallest absolute Gasteiger partial charge is 0.251 e. The molecule has 0 atom stereocenters. The highest BCUT2D eigenvalue weighted by atomic mass is 32.2. The third-order valence-corrected chi connectivity index (χ3v) is 7.40. The number of sulfone groups is 1. The lowest BCUT2D eigenvalue weighted by molar-refractivity contribution is -0.115. The highest BCUT2D eigenvalue weighted by Crippen LogP contribution is 2.25. The normalized spacial score (nSPS) is 11.1. The van der Waals surface area contributed by atoms with E-state index < -0.39 is 26.9 Å². The van der Waals surface area contributed by atoms with E-state index in [1.165, 1.54) is 35.6 Å². The molecule has 2 N–H and O–H groups in total. The lowest BCUT2D eigenvalue weighted by Gasteiger charge is -2.10. The fourth-order valence-electron chi connectivity index (χ4n) is 2.72. The second kappa shape index (κ2) is 9.72. The van der Waals surface area contributed by atoms with E-state index in [2.05, 4.69) is 21.7 Å². The molecule has 2 amide bonds. The Morgan fingerprint density at radius 2 is 1.91 bits per heavy atom. The lowest BCUT2D eigenvalue weighted by atomic mass is 10.1. The van der Waals surface area contributed by atoms with Gasteiger partial charge in [-0.15, -0.1) is 11.3 Å². The molecule has 164 valence electrons. The molecule has 0 spiro atoms. The SMILES string of the molecule is CC(C)S(=O)(=O)c1cccc(C(=O)NCC(=O)Nc2nc(-c3cccc(C#N)c3)cs2)c1. The van der Waals surface area contributed by atoms with Crippen molar-refractivity contribution in [2.24, 2.45) is 0 Å². The zero-order chi connectivity index (χ0) is 23.3. The standard InChI is InChI=1S/C22H20N4O4S2/c1-14(2)32(29,30)18-8-4-7-17(10-18)21(28)24-12-20(27)26-22-25-19(13-31-22)16-6-3-5-15(9-16)11-23/h3-10,13-14H,12H2,1-2H3,(H,24,28)(H,25,26,27). The number of amides is 2. The number of aromatic nitrogens is 1. The summed E-state index contributed by atoms with van der Waals surface area (Å²) in [6.45, 7) is 2.83. The summed E-state index contributed by atoms with van der Waals surface area (Å²) in [6.07, 6.45) is 0. The number of nitriles is 1. The largest absolute Gasteiger partial charge is 0.343 e. The van der Waals surface area contributed by atoms with Crippen LogP contribution in [0.4, 0.5) is 5.13 Å². The average molecular weight is 469 g/mol. The van der Waals surface area contributed by atoms with Crippen molar-refractivity contribution in [3.63, 3.8) is 0 Å². The van der Waals surface area contributed by atoms with E-state index in [1.807, 2.05) is 6.07 Å². The van der Waals surface area contributed by atoms with Crippen LogP contribution in [0.15, 0.2) is 58.8 Å². The molecular formula is C22H20N4O4S2. The van der Waals surface area contributed by atoms with Crippen molar-refractivity contribution in [2.75, 3.05) is 11.9 Å². The number of hydrogen-bond donors (Lipinski definition) is 2. The molecule has 10 heteroatoms. The number of benzene rings is 2. The number of rotatable bonds is 7. The molecule has 0 saturated heterocycles. The summed E-state index contributed by atoms with van der Waals surface area (Å²) in [4.78, 5) is 29.0. The predicted molar refractivity (Wildman–Crippen MR) is 122 cm³/mol. The van der Waals surface area contributed by atoms with E-state index in [0.717, 1.165) is 5.56 Å². The molecule has 32 heavy (non-hydrogen) atoms. The van der Waals surface area contributed by atoms with Gasteiger partial charge in [0.25, 0.3) is 5.91 Å². The molecule has 0 aliphatic carbocycles. The molecule has 8 nitrogen and oxygen atoms in total. The van der Waals surface area contributed by atoms with Crippen LogP contribution in [0.25, 0.3) is 11.3 Å². The highest BCUT2D eigenvalue weighted by molar-refractivity contribution is 7.92. The van der Waals surface area contributed by atoms with Crippen molar-refractivity contribution in [3.05, 3.63) is 65.0 Å². The van der Waals surface area contributed by atoms with Crippen molar-refractivity contribution in [3.8, 4) is 17.3 Å². The van der Waals surface area contributed by atoms with Gasteiger partial charge in [-0.2, -0.15) is 5.26 Å². The Labute approximate surface area is 189 Å². The topological polar surface area (TPSA) is 129 Å². The number of nitrogens with zero attached hydrogens (tertiary/aromatic N) is 2. The zero-order valence-corrected chi connectivity index (χ0v) is 19.0. The second-order valence-electron chi connectivity index (χ2n) is 7.08. The van der Waals surface area contributed by atoms with Gasteiger partial charge in [-0.3, -0.25) is 9.59 Å². The molecule has 0 fully saturated rings. The van der Waals surface area contributed by atoms with Crippen LogP contribution >= 0.6 is 11.3 Å². The van der Waals surface area contributed by atoms with Crippen LogP contribution in [-0.4, -0.2) is 37.0 Å². The van der Waals surface area contributed by atoms with Crippen molar-refractivity contribution in [1.82, 2.24) is 10.3 Å². The van der Waals surface area contributed by atoms with Gasteiger partial charge < -0.3 is 10.6 Å². The third-order valence-electron chi connectivity index (χ3n) is 4.49. The first-order valence-corrected chi connectivity index (χ1v) is 12.0. The Bertz CT molecular complexity index is 1310. The summed E-state index contributed by atoms with van der Waals surface area (Å²) in [5.41, 5.74) is 2.03. The first-order valence-electron chi connectivity index (χ1n) is 9.59. The molecule has 3 aromatic rings. The van der Waals surface area contributed by atoms with Crippen LogP contribution in [0.3, 0.4) is 0 Å². The second-order valence-corrected chi connectivity index (χ2v) is 10.4. The van der Waals surface area contributed by atoms with Crippen LogP contribution < -0.4 is 10.6 Å². The molecule has 0 saturated carbocycles. The van der Waals surface area contributed by atoms with E-state index in [4.69, 9.17) is 5.26 Å². The van der Waals surface area contributed by atoms with Gasteiger partial charge in [0.05, 0.1) is 34.0 Å². The maximum absolute atomic E-state index is 12.4. The third kappa shape index (κ3) is 5.38. The van der Waals surface area contributed by atoms with Gasteiger partial charge in [-0.05, 0) is 44.2 Å². The van der Waals surface area contributed by atoms with Gasteiger partial charge >= 0.3 is 0 Å². The Morgan fingerprint density at radius 1 is 1.16 bits per heavy atom. The van der Waals surface area contributed by atoms with Crippen molar-refractivity contribution < 1.29 is 18.0 Å².